The van der Waals surface area contributed by atoms with Crippen molar-refractivity contribution in [3.05, 3.63) is 0 Å². The Morgan fingerprint density at radius 1 is 1.08 bits per heavy atom. The third kappa shape index (κ3) is 6.62. The van der Waals surface area contributed by atoms with Crippen LogP contribution >= 0.6 is 0 Å². The molecule has 12 heavy (non-hydrogen) atoms. The van der Waals surface area contributed by atoms with Crippen molar-refractivity contribution in [3.8, 4) is 0 Å². The smallest absolute Gasteiger partial charge is 0.0627 e. The van der Waals surface area contributed by atoms with E-state index in [1.807, 2.05) is 13.8 Å². The van der Waals surface area contributed by atoms with Crippen molar-refractivity contribution in [2.45, 2.75) is 46.1 Å². The van der Waals surface area contributed by atoms with Gasteiger partial charge in [0.2, 0.25) is 0 Å². The van der Waals surface area contributed by atoms with Crippen LogP contribution in [0.3, 0.4) is 0 Å². The van der Waals surface area contributed by atoms with Gasteiger partial charge in [0.25, 0.3) is 0 Å². The maximum Gasteiger partial charge on any atom is 0.0627 e. The minimum absolute atomic E-state index is 0.0197. The van der Waals surface area contributed by atoms with E-state index in [1.165, 1.54) is 0 Å². The minimum Gasteiger partial charge on any atom is -0.382 e. The highest BCUT2D eigenvalue weighted by Gasteiger charge is 2.16. The number of rotatable bonds is 7. The molecular formula is C10H22O2. The lowest BCUT2D eigenvalue weighted by Crippen LogP contribution is -2.24. The molecule has 0 atom stereocenters. The summed E-state index contributed by atoms with van der Waals surface area (Å²) in [6.07, 6.45) is 2.15. The lowest BCUT2D eigenvalue weighted by atomic mass is 10.0. The van der Waals surface area contributed by atoms with Crippen molar-refractivity contribution in [3.63, 3.8) is 0 Å². The van der Waals surface area contributed by atoms with Gasteiger partial charge in [-0.15, -0.1) is 0 Å². The van der Waals surface area contributed by atoms with Crippen LogP contribution in [-0.4, -0.2) is 25.4 Å². The number of ether oxygens (including phenoxy) is 2. The quantitative estimate of drug-likeness (QED) is 0.552. The highest BCUT2D eigenvalue weighted by Crippen LogP contribution is 2.16. The second-order valence-electron chi connectivity index (χ2n) is 3.49. The maximum absolute atomic E-state index is 5.55. The van der Waals surface area contributed by atoms with Crippen LogP contribution in [0.1, 0.15) is 40.5 Å². The fraction of sp³-hybridized carbons (Fsp3) is 1.00. The van der Waals surface area contributed by atoms with Gasteiger partial charge in [-0.3, -0.25) is 0 Å². The Labute approximate surface area is 76.3 Å². The normalized spacial score (nSPS) is 12.0. The molecule has 0 N–H and O–H groups in total. The van der Waals surface area contributed by atoms with Gasteiger partial charge in [0, 0.05) is 19.8 Å². The summed E-state index contributed by atoms with van der Waals surface area (Å²) in [6.45, 7) is 10.8. The zero-order valence-electron chi connectivity index (χ0n) is 8.85. The summed E-state index contributed by atoms with van der Waals surface area (Å²) in [6, 6.07) is 0. The van der Waals surface area contributed by atoms with Crippen molar-refractivity contribution in [1.82, 2.24) is 0 Å². The summed E-state index contributed by atoms with van der Waals surface area (Å²) in [5.41, 5.74) is 0.0197. The molecule has 0 saturated heterocycles. The zero-order chi connectivity index (χ0) is 9.45. The molecule has 0 saturated carbocycles. The van der Waals surface area contributed by atoms with Gasteiger partial charge in [0.05, 0.1) is 5.60 Å². The van der Waals surface area contributed by atoms with Crippen LogP contribution in [0, 0.1) is 0 Å². The van der Waals surface area contributed by atoms with Gasteiger partial charge in [-0.2, -0.15) is 0 Å². The molecule has 0 aliphatic carbocycles. The summed E-state index contributed by atoms with van der Waals surface area (Å²) in [5.74, 6) is 0. The molecule has 0 amide bonds. The molecule has 0 aliphatic rings. The highest BCUT2D eigenvalue weighted by molar-refractivity contribution is 4.67. The first-order valence-corrected chi connectivity index (χ1v) is 4.84. The van der Waals surface area contributed by atoms with Crippen molar-refractivity contribution >= 4 is 0 Å². The van der Waals surface area contributed by atoms with Gasteiger partial charge in [-0.25, -0.2) is 0 Å². The van der Waals surface area contributed by atoms with E-state index in [0.29, 0.717) is 0 Å². The maximum atomic E-state index is 5.55. The molecule has 0 unspecified atom stereocenters. The van der Waals surface area contributed by atoms with E-state index < -0.39 is 0 Å². The molecule has 2 nitrogen and oxygen atoms in total. The van der Waals surface area contributed by atoms with Crippen LogP contribution in [0.5, 0.6) is 0 Å². The third-order valence-corrected chi connectivity index (χ3v) is 1.81. The lowest BCUT2D eigenvalue weighted by Gasteiger charge is -2.24. The van der Waals surface area contributed by atoms with Crippen LogP contribution in [0.25, 0.3) is 0 Å². The first-order valence-electron chi connectivity index (χ1n) is 4.84. The second kappa shape index (κ2) is 6.44. The fourth-order valence-electron chi connectivity index (χ4n) is 1.21. The minimum atomic E-state index is 0.0197. The number of hydrogen-bond donors (Lipinski definition) is 0. The van der Waals surface area contributed by atoms with E-state index in [-0.39, 0.29) is 5.60 Å². The zero-order valence-corrected chi connectivity index (χ0v) is 8.85. The summed E-state index contributed by atoms with van der Waals surface area (Å²) < 4.78 is 10.8. The van der Waals surface area contributed by atoms with Crippen LogP contribution in [0.4, 0.5) is 0 Å². The molecule has 0 spiro atoms. The summed E-state index contributed by atoms with van der Waals surface area (Å²) in [4.78, 5) is 0. The van der Waals surface area contributed by atoms with Gasteiger partial charge in [0.1, 0.15) is 0 Å². The van der Waals surface area contributed by atoms with Gasteiger partial charge < -0.3 is 9.47 Å². The van der Waals surface area contributed by atoms with Gasteiger partial charge in [-0.05, 0) is 40.5 Å². The fourth-order valence-corrected chi connectivity index (χ4v) is 1.21. The predicted octanol–water partition coefficient (Wildman–Crippen LogP) is 2.62. The molecule has 0 aliphatic heterocycles. The van der Waals surface area contributed by atoms with Gasteiger partial charge >= 0.3 is 0 Å². The molecule has 0 heterocycles. The van der Waals surface area contributed by atoms with E-state index >= 15 is 0 Å². The summed E-state index contributed by atoms with van der Waals surface area (Å²) in [5, 5.41) is 0. The van der Waals surface area contributed by atoms with Crippen molar-refractivity contribution in [1.29, 1.82) is 0 Å². The molecular weight excluding hydrogens is 152 g/mol. The van der Waals surface area contributed by atoms with E-state index in [1.54, 1.807) is 0 Å². The largest absolute Gasteiger partial charge is 0.382 e. The Hall–Kier alpha value is -0.0800. The predicted molar refractivity (Wildman–Crippen MR) is 51.4 cm³/mol. The van der Waals surface area contributed by atoms with E-state index in [0.717, 1.165) is 32.7 Å². The Morgan fingerprint density at radius 2 is 1.75 bits per heavy atom. The van der Waals surface area contributed by atoms with Gasteiger partial charge in [0.15, 0.2) is 0 Å². The third-order valence-electron chi connectivity index (χ3n) is 1.81. The Balaban J connectivity index is 3.33. The Bertz CT molecular complexity index is 100. The molecule has 0 rings (SSSR count). The molecule has 0 bridgehead atoms. The number of hydrogen-bond acceptors (Lipinski definition) is 2. The van der Waals surface area contributed by atoms with Crippen molar-refractivity contribution in [2.24, 2.45) is 0 Å². The topological polar surface area (TPSA) is 18.5 Å². The standard InChI is InChI=1S/C10H22O2/c1-5-11-9-7-8-10(3,4)12-6-2/h5-9H2,1-4H3. The van der Waals surface area contributed by atoms with E-state index in [4.69, 9.17) is 9.47 Å². The van der Waals surface area contributed by atoms with Crippen LogP contribution in [-0.2, 0) is 9.47 Å². The molecule has 0 fully saturated rings. The average molecular weight is 174 g/mol. The highest BCUT2D eigenvalue weighted by atomic mass is 16.5. The molecule has 0 radical (unpaired) electrons. The van der Waals surface area contributed by atoms with Crippen molar-refractivity contribution in [2.75, 3.05) is 19.8 Å². The van der Waals surface area contributed by atoms with E-state index in [9.17, 15) is 0 Å². The SMILES string of the molecule is CCOCCCC(C)(C)OCC. The molecule has 0 aromatic carbocycles. The monoisotopic (exact) mass is 174 g/mol. The molecule has 2 heteroatoms. The first kappa shape index (κ1) is 11.9. The summed E-state index contributed by atoms with van der Waals surface area (Å²) >= 11 is 0. The Morgan fingerprint density at radius 3 is 2.25 bits per heavy atom. The molecule has 74 valence electrons. The van der Waals surface area contributed by atoms with Gasteiger partial charge in [-0.1, -0.05) is 0 Å². The van der Waals surface area contributed by atoms with Crippen LogP contribution in [0.2, 0.25) is 0 Å². The molecule has 0 aromatic heterocycles. The Kier molecular flexibility index (Phi) is 6.39. The molecule has 0 aromatic rings. The van der Waals surface area contributed by atoms with Crippen LogP contribution < -0.4 is 0 Å². The average Bonchev–Trinajstić information content (AvgIpc) is 1.98. The first-order chi connectivity index (χ1) is 5.62. The van der Waals surface area contributed by atoms with Crippen LogP contribution in [0.15, 0.2) is 0 Å². The van der Waals surface area contributed by atoms with E-state index in [2.05, 4.69) is 13.8 Å². The van der Waals surface area contributed by atoms with Crippen molar-refractivity contribution < 1.29 is 9.47 Å². The second-order valence-corrected chi connectivity index (χ2v) is 3.49. The summed E-state index contributed by atoms with van der Waals surface area (Å²) in [7, 11) is 0. The lowest BCUT2D eigenvalue weighted by molar-refractivity contribution is -0.0222.